The molecule has 6 rings (SSSR count). The van der Waals surface area contributed by atoms with E-state index in [1.165, 1.54) is 16.7 Å². The summed E-state index contributed by atoms with van der Waals surface area (Å²) in [7, 11) is 1.60. The van der Waals surface area contributed by atoms with Crippen molar-refractivity contribution >= 4 is 27.8 Å². The molecule has 9 heteroatoms. The van der Waals surface area contributed by atoms with E-state index in [-0.39, 0.29) is 30.3 Å². The van der Waals surface area contributed by atoms with Crippen LogP contribution in [-0.4, -0.2) is 27.2 Å². The van der Waals surface area contributed by atoms with Gasteiger partial charge >= 0.3 is 12.1 Å². The van der Waals surface area contributed by atoms with Gasteiger partial charge in [0.05, 0.1) is 35.6 Å². The second-order valence-electron chi connectivity index (χ2n) is 11.2. The molecule has 0 amide bonds. The van der Waals surface area contributed by atoms with Gasteiger partial charge in [-0.25, -0.2) is 0 Å². The van der Waals surface area contributed by atoms with Crippen LogP contribution in [0.5, 0.6) is 5.75 Å². The van der Waals surface area contributed by atoms with Gasteiger partial charge in [-0.15, -0.1) is 0 Å². The van der Waals surface area contributed by atoms with Crippen LogP contribution in [0.15, 0.2) is 108 Å². The van der Waals surface area contributed by atoms with Gasteiger partial charge < -0.3 is 19.4 Å². The third kappa shape index (κ3) is 6.00. The molecule has 0 radical (unpaired) electrons. The Morgan fingerprint density at radius 2 is 1.54 bits per heavy atom. The Hall–Kier alpha value is -5.31. The molecule has 6 nitrogen and oxygen atoms in total. The number of alkyl halides is 3. The number of nitrogens with one attached hydrogen (secondary N) is 1. The average molecular weight is 625 g/mol. The van der Waals surface area contributed by atoms with Crippen LogP contribution in [0.3, 0.4) is 0 Å². The number of H-pyrrole nitrogens is 1. The molecule has 6 aromatic rings. The number of fused-ring (bicyclic) bond motifs is 2. The molecule has 0 fully saturated rings. The van der Waals surface area contributed by atoms with Crippen LogP contribution in [0.25, 0.3) is 21.8 Å². The lowest BCUT2D eigenvalue weighted by molar-refractivity contribution is -0.143. The highest BCUT2D eigenvalue weighted by Gasteiger charge is 2.33. The van der Waals surface area contributed by atoms with E-state index in [4.69, 9.17) is 4.74 Å². The summed E-state index contributed by atoms with van der Waals surface area (Å²) in [6, 6.07) is 28.4. The monoisotopic (exact) mass is 624 g/mol. The minimum absolute atomic E-state index is 0.0445. The number of esters is 1. The van der Waals surface area contributed by atoms with Gasteiger partial charge in [0.2, 0.25) is 0 Å². The van der Waals surface area contributed by atoms with Crippen molar-refractivity contribution < 1.29 is 27.8 Å². The van der Waals surface area contributed by atoms with Crippen molar-refractivity contribution in [3.8, 4) is 5.75 Å². The molecule has 46 heavy (non-hydrogen) atoms. The van der Waals surface area contributed by atoms with E-state index < -0.39 is 23.2 Å². The summed E-state index contributed by atoms with van der Waals surface area (Å²) in [6.07, 6.45) is -3.50. The first-order valence-corrected chi connectivity index (χ1v) is 14.9. The molecule has 234 valence electrons. The first kappa shape index (κ1) is 30.7. The number of pyridine rings is 1. The van der Waals surface area contributed by atoms with E-state index in [9.17, 15) is 27.9 Å². The lowest BCUT2D eigenvalue weighted by atomic mass is 9.84. The Labute approximate surface area is 262 Å². The Bertz CT molecular complexity index is 2080. The third-order valence-corrected chi connectivity index (χ3v) is 8.33. The van der Waals surface area contributed by atoms with Crippen LogP contribution in [0.1, 0.15) is 45.8 Å². The van der Waals surface area contributed by atoms with Gasteiger partial charge in [0.25, 0.3) is 5.56 Å². The molecule has 1 atom stereocenters. The molecule has 0 saturated carbocycles. The van der Waals surface area contributed by atoms with Crippen molar-refractivity contribution in [3.05, 3.63) is 147 Å². The number of aryl methyl sites for hydroxylation is 2. The number of carbonyl (C=O) groups excluding carboxylic acids is 1. The summed E-state index contributed by atoms with van der Waals surface area (Å²) >= 11 is 0. The standard InChI is InChI=1S/C37H31F3N2O4/c1-42-30-16-8-6-13-28(30)35(44)33(36(42)45)32(24-17-19-25(20-18-24)37(38,39)40)34-27(26-12-5-7-15-29(26)41-34)14-9-21-46-31(43)22-23-10-3-2-4-11-23/h2-8,10-13,15-20,32,41,44H,9,14,21-22H2,1H3. The van der Waals surface area contributed by atoms with Crippen molar-refractivity contribution in [1.29, 1.82) is 0 Å². The van der Waals surface area contributed by atoms with Crippen LogP contribution >= 0.6 is 0 Å². The highest BCUT2D eigenvalue weighted by molar-refractivity contribution is 5.88. The number of para-hydroxylation sites is 2. The molecular formula is C37H31F3N2O4. The van der Waals surface area contributed by atoms with Gasteiger partial charge in [0.1, 0.15) is 5.75 Å². The normalized spacial score (nSPS) is 12.4. The molecule has 2 heterocycles. The van der Waals surface area contributed by atoms with Gasteiger partial charge in [-0.2, -0.15) is 13.2 Å². The van der Waals surface area contributed by atoms with E-state index in [2.05, 4.69) is 4.98 Å². The molecule has 0 bridgehead atoms. The second-order valence-corrected chi connectivity index (χ2v) is 11.2. The third-order valence-electron chi connectivity index (χ3n) is 8.33. The summed E-state index contributed by atoms with van der Waals surface area (Å²) in [5, 5.41) is 12.9. The van der Waals surface area contributed by atoms with E-state index in [1.807, 2.05) is 54.6 Å². The Morgan fingerprint density at radius 3 is 2.26 bits per heavy atom. The number of hydrogen-bond donors (Lipinski definition) is 2. The van der Waals surface area contributed by atoms with Crippen LogP contribution < -0.4 is 5.56 Å². The number of aromatic nitrogens is 2. The Kier molecular flexibility index (Phi) is 8.41. The lowest BCUT2D eigenvalue weighted by Gasteiger charge is -2.22. The number of aromatic hydroxyl groups is 1. The summed E-state index contributed by atoms with van der Waals surface area (Å²) in [4.78, 5) is 29.9. The Balaban J connectivity index is 1.43. The summed E-state index contributed by atoms with van der Waals surface area (Å²) < 4.78 is 47.6. The number of carbonyl (C=O) groups is 1. The number of nitrogens with zero attached hydrogens (tertiary/aromatic N) is 1. The number of hydrogen-bond acceptors (Lipinski definition) is 4. The molecular weight excluding hydrogens is 593 g/mol. The summed E-state index contributed by atoms with van der Waals surface area (Å²) in [5.41, 5.74) is 2.67. The van der Waals surface area contributed by atoms with E-state index in [0.29, 0.717) is 35.0 Å². The number of rotatable bonds is 9. The Morgan fingerprint density at radius 1 is 0.891 bits per heavy atom. The van der Waals surface area contributed by atoms with Crippen molar-refractivity contribution in [2.45, 2.75) is 31.4 Å². The molecule has 0 spiro atoms. The van der Waals surface area contributed by atoms with E-state index in [0.717, 1.165) is 34.2 Å². The first-order valence-electron chi connectivity index (χ1n) is 14.9. The SMILES string of the molecule is Cn1c(=O)c(C(c2ccc(C(F)(F)F)cc2)c2[nH]c3ccccc3c2CCCOC(=O)Cc2ccccc2)c(O)c2ccccc21. The number of ether oxygens (including phenoxy) is 1. The molecule has 0 aliphatic rings. The quantitative estimate of drug-likeness (QED) is 0.128. The second kappa shape index (κ2) is 12.6. The fourth-order valence-corrected chi connectivity index (χ4v) is 6.09. The van der Waals surface area contributed by atoms with Crippen molar-refractivity contribution in [3.63, 3.8) is 0 Å². The zero-order valence-corrected chi connectivity index (χ0v) is 25.0. The highest BCUT2D eigenvalue weighted by Crippen LogP contribution is 2.42. The predicted octanol–water partition coefficient (Wildman–Crippen LogP) is 7.64. The van der Waals surface area contributed by atoms with Gasteiger partial charge in [0, 0.05) is 29.0 Å². The average Bonchev–Trinajstić information content (AvgIpc) is 3.42. The van der Waals surface area contributed by atoms with Gasteiger partial charge in [-0.3, -0.25) is 9.59 Å². The fourth-order valence-electron chi connectivity index (χ4n) is 6.09. The minimum atomic E-state index is -4.54. The van der Waals surface area contributed by atoms with Crippen LogP contribution in [0, 0.1) is 0 Å². The highest BCUT2D eigenvalue weighted by atomic mass is 19.4. The number of aromatic amines is 1. The number of benzene rings is 4. The molecule has 2 aromatic heterocycles. The van der Waals surface area contributed by atoms with E-state index in [1.54, 1.807) is 31.3 Å². The number of halogens is 3. The van der Waals surface area contributed by atoms with Gasteiger partial charge in [0.15, 0.2) is 0 Å². The van der Waals surface area contributed by atoms with Crippen molar-refractivity contribution in [1.82, 2.24) is 9.55 Å². The topological polar surface area (TPSA) is 84.3 Å². The van der Waals surface area contributed by atoms with Gasteiger partial charge in [-0.1, -0.05) is 72.8 Å². The smallest absolute Gasteiger partial charge is 0.416 e. The molecule has 1 unspecified atom stereocenters. The van der Waals surface area contributed by atoms with Gasteiger partial charge in [-0.05, 0) is 59.9 Å². The first-order chi connectivity index (χ1) is 22.1. The molecule has 0 saturated heterocycles. The largest absolute Gasteiger partial charge is 0.507 e. The predicted molar refractivity (Wildman–Crippen MR) is 171 cm³/mol. The summed E-state index contributed by atoms with van der Waals surface area (Å²) in [6.45, 7) is 0.151. The zero-order chi connectivity index (χ0) is 32.4. The maximum atomic E-state index is 14.0. The summed E-state index contributed by atoms with van der Waals surface area (Å²) in [5.74, 6) is -1.52. The molecule has 4 aromatic carbocycles. The van der Waals surface area contributed by atoms with Crippen molar-refractivity contribution in [2.24, 2.45) is 7.05 Å². The zero-order valence-electron chi connectivity index (χ0n) is 25.0. The lowest BCUT2D eigenvalue weighted by Crippen LogP contribution is -2.25. The molecule has 0 aliphatic heterocycles. The maximum absolute atomic E-state index is 14.0. The fraction of sp³-hybridized carbons (Fsp3) is 0.189. The van der Waals surface area contributed by atoms with Crippen LogP contribution in [0.2, 0.25) is 0 Å². The van der Waals surface area contributed by atoms with Crippen LogP contribution in [0.4, 0.5) is 13.2 Å². The van der Waals surface area contributed by atoms with Crippen molar-refractivity contribution in [2.75, 3.05) is 6.61 Å². The maximum Gasteiger partial charge on any atom is 0.416 e. The molecule has 2 N–H and O–H groups in total. The van der Waals surface area contributed by atoms with Crippen LogP contribution in [-0.2, 0) is 35.6 Å². The van der Waals surface area contributed by atoms with E-state index >= 15 is 0 Å². The minimum Gasteiger partial charge on any atom is -0.507 e. The molecule has 0 aliphatic carbocycles.